The first-order valence-electron chi connectivity index (χ1n) is 5.31. The second-order valence-electron chi connectivity index (χ2n) is 3.82. The average Bonchev–Trinajstić information content (AvgIpc) is 2.30. The topological polar surface area (TPSA) is 61.0 Å². The normalized spacial score (nSPS) is 11.4. The number of halogens is 3. The molecule has 100 valence electrons. The summed E-state index contributed by atoms with van der Waals surface area (Å²) in [6, 6.07) is 8.03. The number of nitrogens with two attached hydrogens (primary N) is 1. The molecule has 1 aromatic carbocycles. The van der Waals surface area contributed by atoms with Gasteiger partial charge < -0.3 is 10.5 Å². The van der Waals surface area contributed by atoms with Gasteiger partial charge in [0.2, 0.25) is 11.7 Å². The molecule has 0 aliphatic carbocycles. The second-order valence-corrected chi connectivity index (χ2v) is 3.82. The molecule has 1 heterocycles. The Morgan fingerprint density at radius 3 is 2.47 bits per heavy atom. The second kappa shape index (κ2) is 4.75. The molecule has 7 heteroatoms. The molecule has 4 nitrogen and oxygen atoms in total. The summed E-state index contributed by atoms with van der Waals surface area (Å²) >= 11 is 0. The molecule has 0 atom stereocenters. The Bertz CT molecular complexity index is 599. The average molecular weight is 269 g/mol. The van der Waals surface area contributed by atoms with E-state index in [9.17, 15) is 13.2 Å². The summed E-state index contributed by atoms with van der Waals surface area (Å²) in [6.45, 7) is 1.77. The number of rotatable bonds is 2. The molecule has 0 saturated heterocycles. The molecule has 0 aliphatic rings. The molecule has 0 bridgehead atoms. The lowest BCUT2D eigenvalue weighted by molar-refractivity contribution is -0.145. The molecule has 0 fully saturated rings. The van der Waals surface area contributed by atoms with Gasteiger partial charge in [0, 0.05) is 6.07 Å². The Labute approximate surface area is 107 Å². The van der Waals surface area contributed by atoms with Crippen molar-refractivity contribution < 1.29 is 17.9 Å². The molecule has 2 N–H and O–H groups in total. The molecular weight excluding hydrogens is 259 g/mol. The van der Waals surface area contributed by atoms with E-state index in [0.717, 1.165) is 11.6 Å². The smallest absolute Gasteiger partial charge is 0.439 e. The summed E-state index contributed by atoms with van der Waals surface area (Å²) in [4.78, 5) is 6.43. The maximum absolute atomic E-state index is 12.5. The van der Waals surface area contributed by atoms with Crippen molar-refractivity contribution in [3.8, 4) is 11.6 Å². The summed E-state index contributed by atoms with van der Waals surface area (Å²) in [5.74, 6) is -1.45. The van der Waals surface area contributed by atoms with Gasteiger partial charge in [0.15, 0.2) is 0 Å². The third kappa shape index (κ3) is 3.12. The molecule has 1 aromatic heterocycles. The number of hydrogen-bond acceptors (Lipinski definition) is 4. The van der Waals surface area contributed by atoms with Crippen LogP contribution in [0.1, 0.15) is 11.4 Å². The molecular formula is C12H10F3N3O. The number of aromatic nitrogens is 2. The van der Waals surface area contributed by atoms with Gasteiger partial charge in [0.05, 0.1) is 0 Å². The minimum Gasteiger partial charge on any atom is -0.439 e. The van der Waals surface area contributed by atoms with E-state index in [-0.39, 0.29) is 11.7 Å². The van der Waals surface area contributed by atoms with Crippen LogP contribution in [0.15, 0.2) is 30.3 Å². The Morgan fingerprint density at radius 2 is 1.84 bits per heavy atom. The molecule has 0 spiro atoms. The fourth-order valence-corrected chi connectivity index (χ4v) is 1.41. The molecule has 0 unspecified atom stereocenters. The Balaban J connectivity index is 2.36. The number of ether oxygens (including phenoxy) is 1. The van der Waals surface area contributed by atoms with Crippen LogP contribution in [0.4, 0.5) is 19.0 Å². The van der Waals surface area contributed by atoms with E-state index in [4.69, 9.17) is 10.5 Å². The largest absolute Gasteiger partial charge is 0.451 e. The van der Waals surface area contributed by atoms with Gasteiger partial charge >= 0.3 is 6.18 Å². The Hall–Kier alpha value is -2.31. The highest BCUT2D eigenvalue weighted by Gasteiger charge is 2.35. The van der Waals surface area contributed by atoms with E-state index in [1.54, 1.807) is 31.2 Å². The first kappa shape index (κ1) is 13.1. The van der Waals surface area contributed by atoms with E-state index in [1.807, 2.05) is 0 Å². The summed E-state index contributed by atoms with van der Waals surface area (Å²) in [7, 11) is 0. The van der Waals surface area contributed by atoms with Gasteiger partial charge in [-0.2, -0.15) is 18.2 Å². The maximum atomic E-state index is 12.5. The van der Waals surface area contributed by atoms with Crippen LogP contribution in [-0.2, 0) is 6.18 Å². The van der Waals surface area contributed by atoms with Crippen molar-refractivity contribution in [1.29, 1.82) is 0 Å². The molecule has 0 amide bonds. The van der Waals surface area contributed by atoms with Crippen molar-refractivity contribution in [2.45, 2.75) is 13.1 Å². The quantitative estimate of drug-likeness (QED) is 0.909. The van der Waals surface area contributed by atoms with Crippen LogP contribution in [0.3, 0.4) is 0 Å². The van der Waals surface area contributed by atoms with Gasteiger partial charge in [-0.15, -0.1) is 0 Å². The number of hydrogen-bond donors (Lipinski definition) is 1. The first-order valence-corrected chi connectivity index (χ1v) is 5.31. The number of aryl methyl sites for hydroxylation is 1. The maximum Gasteiger partial charge on any atom is 0.451 e. The Morgan fingerprint density at radius 1 is 1.16 bits per heavy atom. The van der Waals surface area contributed by atoms with Crippen LogP contribution in [0.25, 0.3) is 0 Å². The summed E-state index contributed by atoms with van der Waals surface area (Å²) in [5.41, 5.74) is 6.09. The summed E-state index contributed by atoms with van der Waals surface area (Å²) in [6.07, 6.45) is -4.67. The highest BCUT2D eigenvalue weighted by Crippen LogP contribution is 2.30. The molecule has 0 saturated carbocycles. The number of alkyl halides is 3. The van der Waals surface area contributed by atoms with E-state index in [1.165, 1.54) is 0 Å². The molecule has 2 rings (SSSR count). The Kier molecular flexibility index (Phi) is 3.28. The molecule has 2 aromatic rings. The lowest BCUT2D eigenvalue weighted by atomic mass is 10.2. The van der Waals surface area contributed by atoms with Crippen LogP contribution in [0, 0.1) is 6.92 Å². The number of anilines is 1. The van der Waals surface area contributed by atoms with E-state index in [0.29, 0.717) is 5.75 Å². The van der Waals surface area contributed by atoms with Crippen LogP contribution >= 0.6 is 0 Å². The standard InChI is InChI=1S/C12H10F3N3O/c1-7-4-2-3-5-8(7)19-10-6-9(16)17-11(18-10)12(13,14)15/h2-6H,1H3,(H2,16,17,18). The van der Waals surface area contributed by atoms with Gasteiger partial charge in [-0.25, -0.2) is 4.98 Å². The van der Waals surface area contributed by atoms with E-state index >= 15 is 0 Å². The third-order valence-corrected chi connectivity index (χ3v) is 2.28. The lowest BCUT2D eigenvalue weighted by Crippen LogP contribution is -2.12. The summed E-state index contributed by atoms with van der Waals surface area (Å²) < 4.78 is 42.9. The highest BCUT2D eigenvalue weighted by atomic mass is 19.4. The number of nitrogens with zero attached hydrogens (tertiary/aromatic N) is 2. The van der Waals surface area contributed by atoms with E-state index in [2.05, 4.69) is 9.97 Å². The first-order chi connectivity index (χ1) is 8.86. The zero-order chi connectivity index (χ0) is 14.0. The third-order valence-electron chi connectivity index (χ3n) is 2.28. The predicted octanol–water partition coefficient (Wildman–Crippen LogP) is 3.18. The number of nitrogen functional groups attached to an aromatic ring is 1. The van der Waals surface area contributed by atoms with Crippen molar-refractivity contribution in [3.63, 3.8) is 0 Å². The number of para-hydroxylation sites is 1. The molecule has 0 aliphatic heterocycles. The van der Waals surface area contributed by atoms with Crippen LogP contribution in [0.5, 0.6) is 11.6 Å². The van der Waals surface area contributed by atoms with Gasteiger partial charge in [0.1, 0.15) is 11.6 Å². The predicted molar refractivity (Wildman–Crippen MR) is 62.7 cm³/mol. The van der Waals surface area contributed by atoms with E-state index < -0.39 is 12.0 Å². The van der Waals surface area contributed by atoms with Crippen molar-refractivity contribution in [2.75, 3.05) is 5.73 Å². The fraction of sp³-hybridized carbons (Fsp3) is 0.167. The van der Waals surface area contributed by atoms with Crippen molar-refractivity contribution in [2.24, 2.45) is 0 Å². The minimum absolute atomic E-state index is 0.242. The van der Waals surface area contributed by atoms with Gasteiger partial charge in [-0.1, -0.05) is 18.2 Å². The van der Waals surface area contributed by atoms with Crippen LogP contribution in [-0.4, -0.2) is 9.97 Å². The zero-order valence-corrected chi connectivity index (χ0v) is 9.90. The van der Waals surface area contributed by atoms with Gasteiger partial charge in [-0.3, -0.25) is 0 Å². The minimum atomic E-state index is -4.67. The SMILES string of the molecule is Cc1ccccc1Oc1cc(N)nc(C(F)(F)F)n1. The fourth-order valence-electron chi connectivity index (χ4n) is 1.41. The van der Waals surface area contributed by atoms with Gasteiger partial charge in [0.25, 0.3) is 0 Å². The highest BCUT2D eigenvalue weighted by molar-refractivity contribution is 5.38. The zero-order valence-electron chi connectivity index (χ0n) is 9.90. The van der Waals surface area contributed by atoms with Crippen molar-refractivity contribution >= 4 is 5.82 Å². The lowest BCUT2D eigenvalue weighted by Gasteiger charge is -2.10. The summed E-state index contributed by atoms with van der Waals surface area (Å²) in [5, 5.41) is 0. The monoisotopic (exact) mass is 269 g/mol. The molecule has 19 heavy (non-hydrogen) atoms. The van der Waals surface area contributed by atoms with Crippen molar-refractivity contribution in [1.82, 2.24) is 9.97 Å². The number of benzene rings is 1. The van der Waals surface area contributed by atoms with Crippen molar-refractivity contribution in [3.05, 3.63) is 41.7 Å². The van der Waals surface area contributed by atoms with Crippen LogP contribution in [0.2, 0.25) is 0 Å². The molecule has 0 radical (unpaired) electrons. The van der Waals surface area contributed by atoms with Gasteiger partial charge in [-0.05, 0) is 18.6 Å². The van der Waals surface area contributed by atoms with Crippen LogP contribution < -0.4 is 10.5 Å².